The molecular formula is C23H23N3O2. The Bertz CT molecular complexity index is 975. The Morgan fingerprint density at radius 3 is 1.75 bits per heavy atom. The van der Waals surface area contributed by atoms with Gasteiger partial charge < -0.3 is 10.6 Å². The third kappa shape index (κ3) is 4.82. The van der Waals surface area contributed by atoms with Gasteiger partial charge in [0, 0.05) is 23.8 Å². The first-order valence-electron chi connectivity index (χ1n) is 9.06. The van der Waals surface area contributed by atoms with Gasteiger partial charge in [-0.2, -0.15) is 0 Å². The molecule has 0 radical (unpaired) electrons. The lowest BCUT2D eigenvalue weighted by Gasteiger charge is -2.19. The first-order chi connectivity index (χ1) is 13.3. The van der Waals surface area contributed by atoms with Crippen LogP contribution in [0.25, 0.3) is 0 Å². The number of benzene rings is 2. The van der Waals surface area contributed by atoms with Crippen molar-refractivity contribution in [1.82, 2.24) is 4.98 Å². The van der Waals surface area contributed by atoms with Gasteiger partial charge in [-0.1, -0.05) is 51.1 Å². The molecule has 28 heavy (non-hydrogen) atoms. The highest BCUT2D eigenvalue weighted by atomic mass is 16.2. The fourth-order valence-corrected chi connectivity index (χ4v) is 2.67. The van der Waals surface area contributed by atoms with Crippen molar-refractivity contribution < 1.29 is 9.59 Å². The standard InChI is InChI=1S/C23H23N3O2/c1-23(2,3)18-9-11-20(12-10-18)26-22(28)17-13-16(14-24-15-17)21(27)25-19-7-5-4-6-8-19/h4-15H,1-3H3,(H,25,27)(H,26,28). The topological polar surface area (TPSA) is 71.1 Å². The molecule has 0 bridgehead atoms. The second-order valence-corrected chi connectivity index (χ2v) is 7.56. The van der Waals surface area contributed by atoms with Gasteiger partial charge in [-0.05, 0) is 41.3 Å². The maximum Gasteiger partial charge on any atom is 0.257 e. The van der Waals surface area contributed by atoms with Crippen LogP contribution in [-0.4, -0.2) is 16.8 Å². The minimum Gasteiger partial charge on any atom is -0.322 e. The van der Waals surface area contributed by atoms with Gasteiger partial charge in [0.05, 0.1) is 11.1 Å². The van der Waals surface area contributed by atoms with Crippen LogP contribution in [-0.2, 0) is 5.41 Å². The molecule has 5 heteroatoms. The van der Waals surface area contributed by atoms with Crippen molar-refractivity contribution in [3.8, 4) is 0 Å². The Morgan fingerprint density at radius 1 is 0.750 bits per heavy atom. The Kier molecular flexibility index (Phi) is 5.54. The number of hydrogen-bond donors (Lipinski definition) is 2. The zero-order chi connectivity index (χ0) is 20.1. The summed E-state index contributed by atoms with van der Waals surface area (Å²) in [6.07, 6.45) is 2.88. The van der Waals surface area contributed by atoms with Crippen LogP contribution in [0.4, 0.5) is 11.4 Å². The van der Waals surface area contributed by atoms with Crippen LogP contribution in [0.15, 0.2) is 73.1 Å². The van der Waals surface area contributed by atoms with E-state index in [-0.39, 0.29) is 17.2 Å². The molecule has 0 aliphatic rings. The number of carbonyl (C=O) groups excluding carboxylic acids is 2. The zero-order valence-electron chi connectivity index (χ0n) is 16.2. The van der Waals surface area contributed by atoms with Crippen LogP contribution in [0.5, 0.6) is 0 Å². The van der Waals surface area contributed by atoms with E-state index in [1.807, 2.05) is 42.5 Å². The summed E-state index contributed by atoms with van der Waals surface area (Å²) in [6.45, 7) is 6.41. The predicted molar refractivity (Wildman–Crippen MR) is 112 cm³/mol. The summed E-state index contributed by atoms with van der Waals surface area (Å²) in [7, 11) is 0. The molecule has 0 saturated heterocycles. The predicted octanol–water partition coefficient (Wildman–Crippen LogP) is 4.88. The average Bonchev–Trinajstić information content (AvgIpc) is 2.68. The highest BCUT2D eigenvalue weighted by Crippen LogP contribution is 2.23. The number of anilines is 2. The monoisotopic (exact) mass is 373 g/mol. The lowest BCUT2D eigenvalue weighted by atomic mass is 9.87. The third-order valence-electron chi connectivity index (χ3n) is 4.30. The van der Waals surface area contributed by atoms with Crippen molar-refractivity contribution >= 4 is 23.2 Å². The maximum atomic E-state index is 12.5. The molecule has 0 aliphatic heterocycles. The lowest BCUT2D eigenvalue weighted by molar-refractivity contribution is 0.102. The molecular weight excluding hydrogens is 350 g/mol. The number of para-hydroxylation sites is 1. The second-order valence-electron chi connectivity index (χ2n) is 7.56. The Morgan fingerprint density at radius 2 is 1.25 bits per heavy atom. The van der Waals surface area contributed by atoms with Gasteiger partial charge in [-0.25, -0.2) is 0 Å². The Hall–Kier alpha value is -3.47. The highest BCUT2D eigenvalue weighted by Gasteiger charge is 2.14. The maximum absolute atomic E-state index is 12.5. The molecule has 2 aromatic carbocycles. The Labute approximate surface area is 164 Å². The molecule has 0 unspecified atom stereocenters. The van der Waals surface area contributed by atoms with Crippen LogP contribution in [0.1, 0.15) is 47.1 Å². The van der Waals surface area contributed by atoms with Gasteiger partial charge >= 0.3 is 0 Å². The number of nitrogens with one attached hydrogen (secondary N) is 2. The summed E-state index contributed by atoms with van der Waals surface area (Å²) >= 11 is 0. The summed E-state index contributed by atoms with van der Waals surface area (Å²) in [5.74, 6) is -0.631. The second kappa shape index (κ2) is 8.05. The summed E-state index contributed by atoms with van der Waals surface area (Å²) in [6, 6.07) is 18.4. The number of amides is 2. The molecule has 3 aromatic rings. The van der Waals surface area contributed by atoms with E-state index in [0.29, 0.717) is 22.5 Å². The van der Waals surface area contributed by atoms with Gasteiger partial charge in [-0.3, -0.25) is 14.6 Å². The van der Waals surface area contributed by atoms with E-state index >= 15 is 0 Å². The number of carbonyl (C=O) groups is 2. The van der Waals surface area contributed by atoms with Gasteiger partial charge in [0.15, 0.2) is 0 Å². The first-order valence-corrected chi connectivity index (χ1v) is 9.06. The SMILES string of the molecule is CC(C)(C)c1ccc(NC(=O)c2cncc(C(=O)Nc3ccccc3)c2)cc1. The normalized spacial score (nSPS) is 11.0. The van der Waals surface area contributed by atoms with E-state index in [0.717, 1.165) is 0 Å². The fourth-order valence-electron chi connectivity index (χ4n) is 2.67. The van der Waals surface area contributed by atoms with Crippen molar-refractivity contribution in [2.24, 2.45) is 0 Å². The van der Waals surface area contributed by atoms with Gasteiger partial charge in [-0.15, -0.1) is 0 Å². The number of aromatic nitrogens is 1. The lowest BCUT2D eigenvalue weighted by Crippen LogP contribution is -2.16. The third-order valence-corrected chi connectivity index (χ3v) is 4.30. The van der Waals surface area contributed by atoms with Gasteiger partial charge in [0.2, 0.25) is 0 Å². The molecule has 0 saturated carbocycles. The van der Waals surface area contributed by atoms with E-state index in [1.165, 1.54) is 24.0 Å². The summed E-state index contributed by atoms with van der Waals surface area (Å²) < 4.78 is 0. The van der Waals surface area contributed by atoms with Crippen LogP contribution in [0.3, 0.4) is 0 Å². The molecule has 0 aliphatic carbocycles. The van der Waals surface area contributed by atoms with Crippen LogP contribution >= 0.6 is 0 Å². The van der Waals surface area contributed by atoms with Gasteiger partial charge in [0.1, 0.15) is 0 Å². The minimum absolute atomic E-state index is 0.0485. The molecule has 5 nitrogen and oxygen atoms in total. The van der Waals surface area contributed by atoms with E-state index in [2.05, 4.69) is 36.4 Å². The number of rotatable bonds is 4. The summed E-state index contributed by atoms with van der Waals surface area (Å²) in [5.41, 5.74) is 3.25. The number of pyridine rings is 1. The highest BCUT2D eigenvalue weighted by molar-refractivity contribution is 6.08. The van der Waals surface area contributed by atoms with Crippen molar-refractivity contribution in [2.75, 3.05) is 10.6 Å². The van der Waals surface area contributed by atoms with Crippen molar-refractivity contribution in [1.29, 1.82) is 0 Å². The molecule has 1 heterocycles. The van der Waals surface area contributed by atoms with E-state index in [9.17, 15) is 9.59 Å². The van der Waals surface area contributed by atoms with Gasteiger partial charge in [0.25, 0.3) is 11.8 Å². The molecule has 2 amide bonds. The molecule has 0 spiro atoms. The smallest absolute Gasteiger partial charge is 0.257 e. The summed E-state index contributed by atoms with van der Waals surface area (Å²) in [4.78, 5) is 29.0. The van der Waals surface area contributed by atoms with Crippen LogP contribution in [0, 0.1) is 0 Å². The van der Waals surface area contributed by atoms with E-state index < -0.39 is 0 Å². The van der Waals surface area contributed by atoms with Crippen LogP contribution < -0.4 is 10.6 Å². The van der Waals surface area contributed by atoms with E-state index in [1.54, 1.807) is 12.1 Å². The molecule has 2 N–H and O–H groups in total. The largest absolute Gasteiger partial charge is 0.322 e. The quantitative estimate of drug-likeness (QED) is 0.684. The average molecular weight is 373 g/mol. The zero-order valence-corrected chi connectivity index (χ0v) is 16.2. The van der Waals surface area contributed by atoms with Crippen LogP contribution in [0.2, 0.25) is 0 Å². The van der Waals surface area contributed by atoms with Crippen molar-refractivity contribution in [2.45, 2.75) is 26.2 Å². The van der Waals surface area contributed by atoms with Crippen molar-refractivity contribution in [3.63, 3.8) is 0 Å². The van der Waals surface area contributed by atoms with E-state index in [4.69, 9.17) is 0 Å². The molecule has 142 valence electrons. The number of nitrogens with zero attached hydrogens (tertiary/aromatic N) is 1. The molecule has 0 atom stereocenters. The molecule has 3 rings (SSSR count). The first kappa shape index (κ1) is 19.3. The fraction of sp³-hybridized carbons (Fsp3) is 0.174. The Balaban J connectivity index is 1.71. The summed E-state index contributed by atoms with van der Waals surface area (Å²) in [5, 5.41) is 5.63. The minimum atomic E-state index is -0.317. The molecule has 0 fully saturated rings. The van der Waals surface area contributed by atoms with Crippen molar-refractivity contribution in [3.05, 3.63) is 89.7 Å². The number of hydrogen-bond acceptors (Lipinski definition) is 3. The molecule has 1 aromatic heterocycles.